The molecular formula is C15H11F2N5O. The van der Waals surface area contributed by atoms with Crippen LogP contribution in [0.4, 0.5) is 14.5 Å². The number of aromatic nitrogens is 3. The van der Waals surface area contributed by atoms with Gasteiger partial charge in [-0.3, -0.25) is 4.79 Å². The number of halogens is 2. The first-order valence-corrected chi connectivity index (χ1v) is 6.63. The van der Waals surface area contributed by atoms with E-state index in [0.29, 0.717) is 28.0 Å². The Bertz CT molecular complexity index is 935. The summed E-state index contributed by atoms with van der Waals surface area (Å²) in [7, 11) is 1.66. The van der Waals surface area contributed by atoms with Crippen molar-refractivity contribution in [1.29, 1.82) is 5.26 Å². The third kappa shape index (κ3) is 2.76. The number of carbonyl (C=O) groups is 1. The van der Waals surface area contributed by atoms with Gasteiger partial charge in [-0.1, -0.05) is 0 Å². The van der Waals surface area contributed by atoms with Crippen molar-refractivity contribution < 1.29 is 13.6 Å². The number of hydrogen-bond donors (Lipinski definition) is 2. The van der Waals surface area contributed by atoms with Crippen molar-refractivity contribution in [2.45, 2.75) is 6.43 Å². The first kappa shape index (κ1) is 14.7. The second-order valence-electron chi connectivity index (χ2n) is 4.95. The number of alkyl halides is 2. The summed E-state index contributed by atoms with van der Waals surface area (Å²) in [5, 5.41) is 11.5. The Hall–Kier alpha value is -3.21. The average Bonchev–Trinajstić information content (AvgIpc) is 3.10. The Kier molecular flexibility index (Phi) is 3.54. The summed E-state index contributed by atoms with van der Waals surface area (Å²) in [4.78, 5) is 18.5. The zero-order valence-corrected chi connectivity index (χ0v) is 12.0. The number of imidazole rings is 1. The summed E-state index contributed by atoms with van der Waals surface area (Å²) in [5.74, 6) is -0.813. The van der Waals surface area contributed by atoms with Gasteiger partial charge in [-0.25, -0.2) is 13.8 Å². The van der Waals surface area contributed by atoms with E-state index in [1.54, 1.807) is 25.4 Å². The summed E-state index contributed by atoms with van der Waals surface area (Å²) in [5.41, 5.74) is 1.93. The summed E-state index contributed by atoms with van der Waals surface area (Å²) in [6.07, 6.45) is -1.14. The van der Waals surface area contributed by atoms with E-state index in [-0.39, 0.29) is 0 Å². The second-order valence-corrected chi connectivity index (χ2v) is 4.95. The number of nitrogens with one attached hydrogen (secondary N) is 2. The molecule has 0 radical (unpaired) electrons. The number of carbonyl (C=O) groups excluding carboxylic acids is 1. The molecule has 2 heterocycles. The lowest BCUT2D eigenvalue weighted by molar-refractivity contribution is 0.101. The van der Waals surface area contributed by atoms with E-state index in [1.807, 2.05) is 6.07 Å². The SMILES string of the molecule is Cn1cc(C#N)cc1C(=O)Nc1ccc2nc(C(F)F)[nH]c2c1. The van der Waals surface area contributed by atoms with E-state index in [2.05, 4.69) is 15.3 Å². The number of hydrogen-bond acceptors (Lipinski definition) is 3. The Morgan fingerprint density at radius 2 is 2.22 bits per heavy atom. The fourth-order valence-electron chi connectivity index (χ4n) is 2.26. The van der Waals surface area contributed by atoms with E-state index < -0.39 is 18.2 Å². The first-order chi connectivity index (χ1) is 11.0. The van der Waals surface area contributed by atoms with Crippen LogP contribution in [0.3, 0.4) is 0 Å². The van der Waals surface area contributed by atoms with Crippen LogP contribution in [-0.2, 0) is 7.05 Å². The third-order valence-electron chi connectivity index (χ3n) is 3.33. The van der Waals surface area contributed by atoms with Gasteiger partial charge >= 0.3 is 0 Å². The number of H-pyrrole nitrogens is 1. The molecule has 0 aliphatic carbocycles. The van der Waals surface area contributed by atoms with Gasteiger partial charge in [-0.2, -0.15) is 5.26 Å². The van der Waals surface area contributed by atoms with E-state index in [4.69, 9.17) is 5.26 Å². The molecule has 0 aliphatic rings. The Balaban J connectivity index is 1.87. The van der Waals surface area contributed by atoms with E-state index in [0.717, 1.165) is 0 Å². The Morgan fingerprint density at radius 1 is 1.43 bits per heavy atom. The molecule has 6 nitrogen and oxygen atoms in total. The molecule has 23 heavy (non-hydrogen) atoms. The van der Waals surface area contributed by atoms with Crippen LogP contribution in [0.15, 0.2) is 30.5 Å². The molecule has 116 valence electrons. The number of nitriles is 1. The number of anilines is 1. The molecule has 3 rings (SSSR count). The summed E-state index contributed by atoms with van der Waals surface area (Å²) >= 11 is 0. The highest BCUT2D eigenvalue weighted by Gasteiger charge is 2.15. The minimum atomic E-state index is -2.69. The topological polar surface area (TPSA) is 86.5 Å². The zero-order valence-electron chi connectivity index (χ0n) is 12.0. The molecule has 8 heteroatoms. The quantitative estimate of drug-likeness (QED) is 0.779. The predicted octanol–water partition coefficient (Wildman–Crippen LogP) is 2.96. The molecule has 2 aromatic heterocycles. The molecule has 0 aliphatic heterocycles. The third-order valence-corrected chi connectivity index (χ3v) is 3.33. The molecule has 0 spiro atoms. The summed E-state index contributed by atoms with van der Waals surface area (Å²) < 4.78 is 26.8. The zero-order chi connectivity index (χ0) is 16.6. The highest BCUT2D eigenvalue weighted by molar-refractivity contribution is 6.04. The number of amides is 1. The van der Waals surface area contributed by atoms with Crippen LogP contribution in [0.5, 0.6) is 0 Å². The van der Waals surface area contributed by atoms with Crippen molar-refractivity contribution in [3.63, 3.8) is 0 Å². The van der Waals surface area contributed by atoms with Crippen LogP contribution >= 0.6 is 0 Å². The maximum Gasteiger partial charge on any atom is 0.295 e. The van der Waals surface area contributed by atoms with Crippen molar-refractivity contribution in [2.24, 2.45) is 7.05 Å². The van der Waals surface area contributed by atoms with Crippen LogP contribution < -0.4 is 5.32 Å². The van der Waals surface area contributed by atoms with Crippen LogP contribution in [0, 0.1) is 11.3 Å². The molecule has 0 saturated heterocycles. The normalized spacial score (nSPS) is 10.9. The lowest BCUT2D eigenvalue weighted by Crippen LogP contribution is -2.15. The van der Waals surface area contributed by atoms with Crippen LogP contribution in [0.25, 0.3) is 11.0 Å². The number of fused-ring (bicyclic) bond motifs is 1. The highest BCUT2D eigenvalue weighted by Crippen LogP contribution is 2.22. The molecular weight excluding hydrogens is 304 g/mol. The molecule has 0 saturated carbocycles. The molecule has 0 fully saturated rings. The standard InChI is InChI=1S/C15H11F2N5O/c1-22-7-8(6-18)4-12(22)15(23)19-9-2-3-10-11(5-9)21-14(20-10)13(16)17/h2-5,7,13H,1H3,(H,19,23)(H,20,21). The van der Waals surface area contributed by atoms with Gasteiger partial charge in [-0.15, -0.1) is 0 Å². The van der Waals surface area contributed by atoms with Gasteiger partial charge in [-0.05, 0) is 24.3 Å². The fourth-order valence-corrected chi connectivity index (χ4v) is 2.26. The van der Waals surface area contributed by atoms with Gasteiger partial charge in [0.1, 0.15) is 11.8 Å². The maximum absolute atomic E-state index is 12.6. The largest absolute Gasteiger partial charge is 0.345 e. The average molecular weight is 315 g/mol. The number of benzene rings is 1. The summed E-state index contributed by atoms with van der Waals surface area (Å²) in [6.45, 7) is 0. The predicted molar refractivity (Wildman–Crippen MR) is 79.1 cm³/mol. The van der Waals surface area contributed by atoms with Crippen molar-refractivity contribution in [3.8, 4) is 6.07 Å². The van der Waals surface area contributed by atoms with Crippen LogP contribution in [0.2, 0.25) is 0 Å². The van der Waals surface area contributed by atoms with Crippen molar-refractivity contribution in [1.82, 2.24) is 14.5 Å². The smallest absolute Gasteiger partial charge is 0.295 e. The van der Waals surface area contributed by atoms with Gasteiger partial charge in [0.05, 0.1) is 16.6 Å². The second kappa shape index (κ2) is 5.53. The molecule has 0 unspecified atom stereocenters. The van der Waals surface area contributed by atoms with Gasteiger partial charge in [0.25, 0.3) is 12.3 Å². The van der Waals surface area contributed by atoms with Gasteiger partial charge in [0.2, 0.25) is 0 Å². The van der Waals surface area contributed by atoms with Crippen LogP contribution in [-0.4, -0.2) is 20.4 Å². The first-order valence-electron chi connectivity index (χ1n) is 6.63. The van der Waals surface area contributed by atoms with E-state index >= 15 is 0 Å². The molecule has 3 aromatic rings. The minimum absolute atomic E-state index is 0.319. The van der Waals surface area contributed by atoms with Crippen LogP contribution in [0.1, 0.15) is 28.3 Å². The van der Waals surface area contributed by atoms with E-state index in [9.17, 15) is 13.6 Å². The lowest BCUT2D eigenvalue weighted by atomic mass is 10.2. The van der Waals surface area contributed by atoms with Gasteiger partial charge in [0, 0.05) is 18.9 Å². The lowest BCUT2D eigenvalue weighted by Gasteiger charge is -2.05. The monoisotopic (exact) mass is 315 g/mol. The van der Waals surface area contributed by atoms with Gasteiger partial charge in [0.15, 0.2) is 5.82 Å². The molecule has 2 N–H and O–H groups in total. The number of rotatable bonds is 3. The van der Waals surface area contributed by atoms with E-state index in [1.165, 1.54) is 16.7 Å². The Labute approximate surface area is 129 Å². The molecule has 1 aromatic carbocycles. The summed E-state index contributed by atoms with van der Waals surface area (Å²) in [6, 6.07) is 8.07. The minimum Gasteiger partial charge on any atom is -0.345 e. The Morgan fingerprint density at radius 3 is 2.87 bits per heavy atom. The molecule has 1 amide bonds. The van der Waals surface area contributed by atoms with Crippen molar-refractivity contribution >= 4 is 22.6 Å². The number of nitrogens with zero attached hydrogens (tertiary/aromatic N) is 3. The molecule has 0 bridgehead atoms. The van der Waals surface area contributed by atoms with Crippen molar-refractivity contribution in [2.75, 3.05) is 5.32 Å². The number of aromatic amines is 1. The number of aryl methyl sites for hydroxylation is 1. The fraction of sp³-hybridized carbons (Fsp3) is 0.133. The molecule has 0 atom stereocenters. The highest BCUT2D eigenvalue weighted by atomic mass is 19.3. The van der Waals surface area contributed by atoms with Gasteiger partial charge < -0.3 is 14.9 Å². The van der Waals surface area contributed by atoms with Crippen molar-refractivity contribution in [3.05, 3.63) is 47.5 Å². The maximum atomic E-state index is 12.6.